The van der Waals surface area contributed by atoms with E-state index in [0.717, 1.165) is 0 Å². The Morgan fingerprint density at radius 1 is 0.963 bits per heavy atom. The number of carboxylic acids is 1. The summed E-state index contributed by atoms with van der Waals surface area (Å²) in [5, 5.41) is 22.9. The van der Waals surface area contributed by atoms with E-state index in [0.29, 0.717) is 0 Å². The van der Waals surface area contributed by atoms with Crippen LogP contribution in [0.15, 0.2) is 4.99 Å². The van der Waals surface area contributed by atoms with E-state index in [1.54, 1.807) is 0 Å². The molecule has 0 saturated carbocycles. The molecule has 13 nitrogen and oxygen atoms in total. The van der Waals surface area contributed by atoms with Crippen molar-refractivity contribution in [2.75, 3.05) is 13.2 Å². The van der Waals surface area contributed by atoms with Crippen LogP contribution in [0.5, 0.6) is 0 Å². The molecule has 0 spiro atoms. The molecule has 154 valence electrons. The van der Waals surface area contributed by atoms with Crippen LogP contribution in [-0.2, 0) is 19.2 Å². The van der Waals surface area contributed by atoms with Gasteiger partial charge in [0.05, 0.1) is 12.6 Å². The molecule has 3 unspecified atom stereocenters. The molecule has 0 saturated heterocycles. The number of aliphatic carboxylic acids is 1. The molecule has 0 aliphatic rings. The van der Waals surface area contributed by atoms with E-state index in [4.69, 9.17) is 28.0 Å². The van der Waals surface area contributed by atoms with Crippen molar-refractivity contribution in [3.63, 3.8) is 0 Å². The van der Waals surface area contributed by atoms with E-state index < -0.39 is 48.4 Å². The van der Waals surface area contributed by atoms with Gasteiger partial charge in [-0.3, -0.25) is 19.4 Å². The molecule has 0 heterocycles. The van der Waals surface area contributed by atoms with Crippen molar-refractivity contribution in [1.82, 2.24) is 10.6 Å². The Morgan fingerprint density at radius 3 is 2.04 bits per heavy atom. The first-order chi connectivity index (χ1) is 12.6. The number of aliphatic hydroxyl groups excluding tert-OH is 1. The number of aliphatic hydroxyl groups is 1. The minimum absolute atomic E-state index is 0.0298. The van der Waals surface area contributed by atoms with Crippen molar-refractivity contribution in [1.29, 1.82) is 0 Å². The number of aliphatic imine (C=N–C) groups is 1. The zero-order chi connectivity index (χ0) is 21.0. The molecule has 13 heteroatoms. The summed E-state index contributed by atoms with van der Waals surface area (Å²) in [6, 6.07) is -3.79. The average Bonchev–Trinajstić information content (AvgIpc) is 2.58. The van der Waals surface area contributed by atoms with E-state index >= 15 is 0 Å². The fourth-order valence-corrected chi connectivity index (χ4v) is 1.93. The number of carboxylic acid groups (broad SMARTS) is 1. The highest BCUT2D eigenvalue weighted by atomic mass is 16.4. The van der Waals surface area contributed by atoms with Crippen molar-refractivity contribution in [3.8, 4) is 0 Å². The van der Waals surface area contributed by atoms with Crippen LogP contribution in [0.2, 0.25) is 0 Å². The van der Waals surface area contributed by atoms with E-state index in [1.807, 2.05) is 0 Å². The number of primary amides is 1. The summed E-state index contributed by atoms with van der Waals surface area (Å²) in [7, 11) is 0. The van der Waals surface area contributed by atoms with Crippen molar-refractivity contribution in [2.24, 2.45) is 27.9 Å². The molecule has 0 fully saturated rings. The summed E-state index contributed by atoms with van der Waals surface area (Å²) in [6.45, 7) is -0.600. The smallest absolute Gasteiger partial charge is 0.326 e. The van der Waals surface area contributed by atoms with Crippen LogP contribution in [0.3, 0.4) is 0 Å². The molecular formula is C14H27N7O6. The fourth-order valence-electron chi connectivity index (χ4n) is 1.93. The fraction of sp³-hybridized carbons (Fsp3) is 0.643. The molecule has 3 amide bonds. The number of amides is 3. The Kier molecular flexibility index (Phi) is 11.1. The number of nitrogens with one attached hydrogen (secondary N) is 2. The summed E-state index contributed by atoms with van der Waals surface area (Å²) in [5.41, 5.74) is 20.8. The standard InChI is InChI=1S/C14H27N7O6/c15-7(3-4-10(16)23)11(24)21-9(6-22)12(25)20-8(13(26)27)2-1-5-19-14(17)18/h7-9,22H,1-6,15H2,(H2,16,23)(H,20,25)(H,21,24)(H,26,27)(H4,17,18,19). The van der Waals surface area contributed by atoms with Crippen LogP contribution in [0, 0.1) is 0 Å². The van der Waals surface area contributed by atoms with Crippen LogP contribution in [0.4, 0.5) is 0 Å². The number of hydrogen-bond donors (Lipinski definition) is 8. The number of guanidine groups is 1. The van der Waals surface area contributed by atoms with Gasteiger partial charge in [0.25, 0.3) is 0 Å². The summed E-state index contributed by atoms with van der Waals surface area (Å²) < 4.78 is 0. The number of hydrogen-bond acceptors (Lipinski definition) is 7. The van der Waals surface area contributed by atoms with Gasteiger partial charge in [-0.2, -0.15) is 0 Å². The molecule has 0 radical (unpaired) electrons. The summed E-state index contributed by atoms with van der Waals surface area (Å²) >= 11 is 0. The molecular weight excluding hydrogens is 362 g/mol. The molecule has 27 heavy (non-hydrogen) atoms. The van der Waals surface area contributed by atoms with Gasteiger partial charge in [-0.05, 0) is 19.3 Å². The third-order valence-corrected chi connectivity index (χ3v) is 3.41. The largest absolute Gasteiger partial charge is 0.480 e. The average molecular weight is 389 g/mol. The third-order valence-electron chi connectivity index (χ3n) is 3.41. The Balaban J connectivity index is 4.68. The van der Waals surface area contributed by atoms with Gasteiger partial charge in [0.1, 0.15) is 12.1 Å². The first-order valence-corrected chi connectivity index (χ1v) is 8.12. The molecule has 0 aromatic rings. The quantitative estimate of drug-likeness (QED) is 0.0859. The zero-order valence-electron chi connectivity index (χ0n) is 14.8. The molecule has 0 aliphatic carbocycles. The van der Waals surface area contributed by atoms with Gasteiger partial charge in [0.2, 0.25) is 17.7 Å². The van der Waals surface area contributed by atoms with Gasteiger partial charge in [0.15, 0.2) is 5.96 Å². The number of nitrogens with two attached hydrogens (primary N) is 4. The maximum absolute atomic E-state index is 12.1. The van der Waals surface area contributed by atoms with Crippen LogP contribution < -0.4 is 33.6 Å². The summed E-state index contributed by atoms with van der Waals surface area (Å²) in [6.07, 6.45) is 0.149. The lowest BCUT2D eigenvalue weighted by atomic mass is 10.1. The topological polar surface area (TPSA) is 249 Å². The van der Waals surface area contributed by atoms with Crippen molar-refractivity contribution >= 4 is 29.7 Å². The Hall–Kier alpha value is -2.93. The molecule has 0 rings (SSSR count). The highest BCUT2D eigenvalue weighted by Crippen LogP contribution is 2.00. The van der Waals surface area contributed by atoms with Gasteiger partial charge in [-0.25, -0.2) is 4.79 Å². The van der Waals surface area contributed by atoms with Gasteiger partial charge >= 0.3 is 5.97 Å². The number of carbonyl (C=O) groups excluding carboxylic acids is 3. The maximum Gasteiger partial charge on any atom is 0.326 e. The molecule has 0 aliphatic heterocycles. The molecule has 0 aromatic heterocycles. The van der Waals surface area contributed by atoms with E-state index in [2.05, 4.69) is 15.6 Å². The van der Waals surface area contributed by atoms with Crippen molar-refractivity contribution in [2.45, 2.75) is 43.8 Å². The lowest BCUT2D eigenvalue weighted by Crippen LogP contribution is -2.55. The monoisotopic (exact) mass is 389 g/mol. The molecule has 0 bridgehead atoms. The second-order valence-corrected chi connectivity index (χ2v) is 5.70. The van der Waals surface area contributed by atoms with Crippen LogP contribution >= 0.6 is 0 Å². The van der Waals surface area contributed by atoms with Crippen LogP contribution in [0.25, 0.3) is 0 Å². The number of rotatable bonds is 13. The summed E-state index contributed by atoms with van der Waals surface area (Å²) in [5.74, 6) is -3.76. The van der Waals surface area contributed by atoms with E-state index in [9.17, 15) is 24.3 Å². The number of carbonyl (C=O) groups is 4. The van der Waals surface area contributed by atoms with Gasteiger partial charge in [-0.1, -0.05) is 0 Å². The van der Waals surface area contributed by atoms with Crippen molar-refractivity contribution < 1.29 is 29.4 Å². The number of nitrogens with zero attached hydrogens (tertiary/aromatic N) is 1. The highest BCUT2D eigenvalue weighted by molar-refractivity contribution is 5.92. The normalized spacial score (nSPS) is 13.7. The van der Waals surface area contributed by atoms with Gasteiger partial charge in [-0.15, -0.1) is 0 Å². The Labute approximate surface area is 155 Å². The first-order valence-electron chi connectivity index (χ1n) is 8.12. The highest BCUT2D eigenvalue weighted by Gasteiger charge is 2.27. The summed E-state index contributed by atoms with van der Waals surface area (Å²) in [4.78, 5) is 49.6. The third kappa shape index (κ3) is 10.6. The van der Waals surface area contributed by atoms with Gasteiger partial charge < -0.3 is 43.8 Å². The SMILES string of the molecule is NC(=O)CCC(N)C(=O)NC(CO)C(=O)NC(CCCN=C(N)N)C(=O)O. The predicted octanol–water partition coefficient (Wildman–Crippen LogP) is -4.32. The lowest BCUT2D eigenvalue weighted by Gasteiger charge is -2.21. The maximum atomic E-state index is 12.1. The molecule has 3 atom stereocenters. The minimum Gasteiger partial charge on any atom is -0.480 e. The Morgan fingerprint density at radius 2 is 1.56 bits per heavy atom. The Bertz CT molecular complexity index is 564. The van der Waals surface area contributed by atoms with Crippen LogP contribution in [0.1, 0.15) is 25.7 Å². The second kappa shape index (κ2) is 12.4. The molecule has 0 aromatic carbocycles. The van der Waals surface area contributed by atoms with Crippen molar-refractivity contribution in [3.05, 3.63) is 0 Å². The minimum atomic E-state index is -1.41. The van der Waals surface area contributed by atoms with Gasteiger partial charge in [0, 0.05) is 13.0 Å². The second-order valence-electron chi connectivity index (χ2n) is 5.70. The lowest BCUT2D eigenvalue weighted by molar-refractivity contribution is -0.142. The van der Waals surface area contributed by atoms with E-state index in [1.165, 1.54) is 0 Å². The first kappa shape index (κ1) is 24.1. The van der Waals surface area contributed by atoms with Crippen LogP contribution in [-0.4, -0.2) is 71.1 Å². The zero-order valence-corrected chi connectivity index (χ0v) is 14.8. The van der Waals surface area contributed by atoms with E-state index in [-0.39, 0.29) is 38.2 Å². The molecule has 12 N–H and O–H groups in total. The predicted molar refractivity (Wildman–Crippen MR) is 94.9 cm³/mol.